The van der Waals surface area contributed by atoms with Crippen molar-refractivity contribution in [2.24, 2.45) is 0 Å². The summed E-state index contributed by atoms with van der Waals surface area (Å²) in [5.74, 6) is -0.0182. The van der Waals surface area contributed by atoms with Crippen LogP contribution in [0.15, 0.2) is 42.5 Å². The van der Waals surface area contributed by atoms with Crippen LogP contribution in [-0.2, 0) is 11.2 Å². The summed E-state index contributed by atoms with van der Waals surface area (Å²) in [6.07, 6.45) is 0.554. The Morgan fingerprint density at radius 3 is 2.43 bits per heavy atom. The summed E-state index contributed by atoms with van der Waals surface area (Å²) in [6, 6.07) is 10.6. The number of halogens is 1. The number of rotatable bonds is 8. The normalized spacial score (nSPS) is 9.96. The largest absolute Gasteiger partial charge is 0.493 e. The molecule has 0 heterocycles. The molecule has 0 spiro atoms. The number of benzene rings is 2. The molecular formula is C19H22FN3O5. The monoisotopic (exact) mass is 391 g/mol. The zero-order chi connectivity index (χ0) is 20.4. The smallest absolute Gasteiger partial charge is 0.333 e. The molecule has 2 aromatic carbocycles. The number of hydrogen-bond donors (Lipinski definition) is 3. The fourth-order valence-corrected chi connectivity index (χ4v) is 2.27. The molecule has 0 atom stereocenters. The molecule has 3 amide bonds. The lowest BCUT2D eigenvalue weighted by Gasteiger charge is -2.11. The van der Waals surface area contributed by atoms with Crippen LogP contribution < -0.4 is 30.4 Å². The van der Waals surface area contributed by atoms with Gasteiger partial charge in [0.15, 0.2) is 29.7 Å². The first kappa shape index (κ1) is 20.8. The van der Waals surface area contributed by atoms with Crippen molar-refractivity contribution in [2.75, 3.05) is 27.4 Å². The van der Waals surface area contributed by atoms with Gasteiger partial charge in [-0.25, -0.2) is 14.6 Å². The Bertz CT molecular complexity index is 816. The quantitative estimate of drug-likeness (QED) is 0.596. The number of ether oxygens (including phenoxy) is 3. The molecule has 0 aliphatic carbocycles. The maximum absolute atomic E-state index is 13.4. The van der Waals surface area contributed by atoms with Gasteiger partial charge in [0.25, 0.3) is 5.91 Å². The van der Waals surface area contributed by atoms with Crippen molar-refractivity contribution in [3.63, 3.8) is 0 Å². The molecule has 0 saturated heterocycles. The molecule has 8 nitrogen and oxygen atoms in total. The highest BCUT2D eigenvalue weighted by Gasteiger charge is 2.08. The van der Waals surface area contributed by atoms with Gasteiger partial charge < -0.3 is 19.5 Å². The first-order valence-corrected chi connectivity index (χ1v) is 8.44. The van der Waals surface area contributed by atoms with Gasteiger partial charge in [-0.05, 0) is 36.2 Å². The summed E-state index contributed by atoms with van der Waals surface area (Å²) in [5, 5.41) is 2.60. The summed E-state index contributed by atoms with van der Waals surface area (Å²) < 4.78 is 28.8. The van der Waals surface area contributed by atoms with Crippen LogP contribution in [0.1, 0.15) is 5.56 Å². The SMILES string of the molecule is COc1ccc(CCNC(=O)NNC(=O)COc2ccccc2F)cc1OC. The van der Waals surface area contributed by atoms with E-state index < -0.39 is 24.4 Å². The predicted octanol–water partition coefficient (Wildman–Crippen LogP) is 1.79. The summed E-state index contributed by atoms with van der Waals surface area (Å²) in [7, 11) is 3.10. The van der Waals surface area contributed by atoms with Crippen LogP contribution in [0.4, 0.5) is 9.18 Å². The Kier molecular flexibility index (Phi) is 7.89. The Morgan fingerprint density at radius 2 is 1.71 bits per heavy atom. The Morgan fingerprint density at radius 1 is 0.964 bits per heavy atom. The third-order valence-corrected chi connectivity index (χ3v) is 3.66. The maximum Gasteiger partial charge on any atom is 0.333 e. The second-order valence-electron chi connectivity index (χ2n) is 5.59. The highest BCUT2D eigenvalue weighted by molar-refractivity contribution is 5.81. The summed E-state index contributed by atoms with van der Waals surface area (Å²) in [6.45, 7) is -0.101. The molecule has 9 heteroatoms. The molecule has 0 aliphatic rings. The average molecular weight is 391 g/mol. The van der Waals surface area contributed by atoms with Gasteiger partial charge in [-0.2, -0.15) is 0 Å². The maximum atomic E-state index is 13.4. The van der Waals surface area contributed by atoms with Gasteiger partial charge in [-0.3, -0.25) is 10.2 Å². The number of nitrogens with one attached hydrogen (secondary N) is 3. The van der Waals surface area contributed by atoms with E-state index in [9.17, 15) is 14.0 Å². The van der Waals surface area contributed by atoms with E-state index in [-0.39, 0.29) is 5.75 Å². The van der Waals surface area contributed by atoms with Crippen molar-refractivity contribution in [1.29, 1.82) is 0 Å². The third kappa shape index (κ3) is 6.35. The van der Waals surface area contributed by atoms with Crippen LogP contribution >= 0.6 is 0 Å². The van der Waals surface area contributed by atoms with Crippen molar-refractivity contribution in [2.45, 2.75) is 6.42 Å². The molecule has 0 saturated carbocycles. The third-order valence-electron chi connectivity index (χ3n) is 3.66. The molecular weight excluding hydrogens is 369 g/mol. The van der Waals surface area contributed by atoms with Gasteiger partial charge in [0.1, 0.15) is 0 Å². The van der Waals surface area contributed by atoms with E-state index >= 15 is 0 Å². The number of para-hydroxylation sites is 1. The molecule has 2 aromatic rings. The zero-order valence-electron chi connectivity index (χ0n) is 15.6. The number of urea groups is 1. The summed E-state index contributed by atoms with van der Waals surface area (Å²) >= 11 is 0. The highest BCUT2D eigenvalue weighted by Crippen LogP contribution is 2.27. The van der Waals surface area contributed by atoms with E-state index in [4.69, 9.17) is 14.2 Å². The molecule has 3 N–H and O–H groups in total. The first-order chi connectivity index (χ1) is 13.5. The zero-order valence-corrected chi connectivity index (χ0v) is 15.6. The van der Waals surface area contributed by atoms with Crippen LogP contribution in [0.3, 0.4) is 0 Å². The fraction of sp³-hybridized carbons (Fsp3) is 0.263. The van der Waals surface area contributed by atoms with E-state index in [1.807, 2.05) is 12.1 Å². The van der Waals surface area contributed by atoms with Gasteiger partial charge >= 0.3 is 6.03 Å². The molecule has 28 heavy (non-hydrogen) atoms. The molecule has 150 valence electrons. The molecule has 0 bridgehead atoms. The number of amides is 3. The number of carbonyl (C=O) groups is 2. The van der Waals surface area contributed by atoms with Gasteiger partial charge in [0.2, 0.25) is 0 Å². The Hall–Kier alpha value is -3.49. The Labute approximate surface area is 161 Å². The van der Waals surface area contributed by atoms with Crippen LogP contribution in [-0.4, -0.2) is 39.3 Å². The molecule has 0 aliphatic heterocycles. The number of carbonyl (C=O) groups excluding carboxylic acids is 2. The van der Waals surface area contributed by atoms with Crippen LogP contribution in [0, 0.1) is 5.82 Å². The average Bonchev–Trinajstić information content (AvgIpc) is 2.71. The summed E-state index contributed by atoms with van der Waals surface area (Å²) in [4.78, 5) is 23.3. The molecule has 0 radical (unpaired) electrons. The topological polar surface area (TPSA) is 97.9 Å². The highest BCUT2D eigenvalue weighted by atomic mass is 19.1. The Balaban J connectivity index is 1.67. The lowest BCUT2D eigenvalue weighted by molar-refractivity contribution is -0.123. The van der Waals surface area contributed by atoms with Crippen LogP contribution in [0.5, 0.6) is 17.2 Å². The van der Waals surface area contributed by atoms with Gasteiger partial charge in [-0.1, -0.05) is 18.2 Å². The van der Waals surface area contributed by atoms with Crippen LogP contribution in [0.2, 0.25) is 0 Å². The van der Waals surface area contributed by atoms with E-state index in [1.54, 1.807) is 26.4 Å². The van der Waals surface area contributed by atoms with E-state index in [0.717, 1.165) is 5.56 Å². The molecule has 0 unspecified atom stereocenters. The van der Waals surface area contributed by atoms with Crippen molar-refractivity contribution >= 4 is 11.9 Å². The minimum absolute atomic E-state index is 0.0444. The number of hydrogen-bond acceptors (Lipinski definition) is 5. The van der Waals surface area contributed by atoms with Crippen molar-refractivity contribution in [1.82, 2.24) is 16.2 Å². The minimum Gasteiger partial charge on any atom is -0.493 e. The van der Waals surface area contributed by atoms with Crippen molar-refractivity contribution < 1.29 is 28.2 Å². The van der Waals surface area contributed by atoms with Gasteiger partial charge in [0.05, 0.1) is 14.2 Å². The predicted molar refractivity (Wildman–Crippen MR) is 99.8 cm³/mol. The number of methoxy groups -OCH3 is 2. The standard InChI is InChI=1S/C19H22FN3O5/c1-26-16-8-7-13(11-17(16)27-2)9-10-21-19(25)23-22-18(24)12-28-15-6-4-3-5-14(15)20/h3-8,11H,9-10,12H2,1-2H3,(H,22,24)(H2,21,23,25). The fourth-order valence-electron chi connectivity index (χ4n) is 2.27. The number of hydrazine groups is 1. The first-order valence-electron chi connectivity index (χ1n) is 8.44. The lowest BCUT2D eigenvalue weighted by Crippen LogP contribution is -2.48. The lowest BCUT2D eigenvalue weighted by atomic mass is 10.1. The van der Waals surface area contributed by atoms with E-state index in [1.165, 1.54) is 18.2 Å². The molecule has 0 fully saturated rings. The van der Waals surface area contributed by atoms with Crippen molar-refractivity contribution in [3.05, 3.63) is 53.8 Å². The van der Waals surface area contributed by atoms with Crippen LogP contribution in [0.25, 0.3) is 0 Å². The summed E-state index contributed by atoms with van der Waals surface area (Å²) in [5.41, 5.74) is 5.31. The molecule has 2 rings (SSSR count). The molecule has 0 aromatic heterocycles. The van der Waals surface area contributed by atoms with E-state index in [0.29, 0.717) is 24.5 Å². The van der Waals surface area contributed by atoms with Gasteiger partial charge in [0, 0.05) is 6.54 Å². The second-order valence-corrected chi connectivity index (χ2v) is 5.59. The second kappa shape index (κ2) is 10.6. The van der Waals surface area contributed by atoms with Crippen molar-refractivity contribution in [3.8, 4) is 17.2 Å². The van der Waals surface area contributed by atoms with Gasteiger partial charge in [-0.15, -0.1) is 0 Å². The van der Waals surface area contributed by atoms with E-state index in [2.05, 4.69) is 16.2 Å². The minimum atomic E-state index is -0.627.